The van der Waals surface area contributed by atoms with Crippen LogP contribution in [0.3, 0.4) is 0 Å². The van der Waals surface area contributed by atoms with Gasteiger partial charge in [0.05, 0.1) is 5.60 Å². The number of nitrogens with one attached hydrogen (secondary N) is 2. The molecule has 0 aliphatic heterocycles. The molecular formula is C31H32N2O4. The van der Waals surface area contributed by atoms with Crippen molar-refractivity contribution in [3.05, 3.63) is 59.9 Å². The van der Waals surface area contributed by atoms with E-state index in [1.807, 2.05) is 42.5 Å². The highest BCUT2D eigenvalue weighted by Crippen LogP contribution is 2.41. The van der Waals surface area contributed by atoms with Crippen LogP contribution >= 0.6 is 0 Å². The van der Waals surface area contributed by atoms with Gasteiger partial charge in [0.25, 0.3) is 5.91 Å². The molecule has 0 saturated heterocycles. The van der Waals surface area contributed by atoms with E-state index in [1.165, 1.54) is 0 Å². The van der Waals surface area contributed by atoms with Crippen molar-refractivity contribution < 1.29 is 19.1 Å². The van der Waals surface area contributed by atoms with Crippen molar-refractivity contribution in [1.29, 1.82) is 0 Å². The molecule has 190 valence electrons. The van der Waals surface area contributed by atoms with Crippen molar-refractivity contribution in [2.24, 2.45) is 0 Å². The molecule has 2 amide bonds. The monoisotopic (exact) mass is 496 g/mol. The fraction of sp³-hybridized carbons (Fsp3) is 0.419. The van der Waals surface area contributed by atoms with E-state index in [0.29, 0.717) is 18.4 Å². The van der Waals surface area contributed by atoms with Crippen LogP contribution in [-0.4, -0.2) is 28.0 Å². The predicted molar refractivity (Wildman–Crippen MR) is 142 cm³/mol. The highest BCUT2D eigenvalue weighted by atomic mass is 16.3. The second-order valence-corrected chi connectivity index (χ2v) is 11.1. The maximum absolute atomic E-state index is 13.3. The normalized spacial score (nSPS) is 20.9. The van der Waals surface area contributed by atoms with Gasteiger partial charge in [-0.25, -0.2) is 0 Å². The van der Waals surface area contributed by atoms with Gasteiger partial charge in [0.15, 0.2) is 5.76 Å². The first-order chi connectivity index (χ1) is 17.8. The SMILES string of the molecule is C#CC1(NC(=O)C2(NC(=O)c3cc4ccc(-c5ccc(C6(O)CCC6)cc5)cc4o3)CCCCC2)CC1. The number of fused-ring (bicyclic) bond motifs is 1. The summed E-state index contributed by atoms with van der Waals surface area (Å²) in [5.41, 5.74) is 1.32. The summed E-state index contributed by atoms with van der Waals surface area (Å²) in [6, 6.07) is 15.6. The fourth-order valence-corrected chi connectivity index (χ4v) is 5.71. The number of carbonyl (C=O) groups is 2. The third-order valence-electron chi connectivity index (χ3n) is 8.55. The van der Waals surface area contributed by atoms with Gasteiger partial charge in [-0.1, -0.05) is 61.6 Å². The van der Waals surface area contributed by atoms with E-state index in [1.54, 1.807) is 6.07 Å². The molecule has 3 fully saturated rings. The maximum Gasteiger partial charge on any atom is 0.287 e. The Bertz CT molecular complexity index is 1400. The molecule has 0 bridgehead atoms. The van der Waals surface area contributed by atoms with Crippen LogP contribution in [0, 0.1) is 12.3 Å². The summed E-state index contributed by atoms with van der Waals surface area (Å²) in [4.78, 5) is 26.6. The molecule has 0 spiro atoms. The Morgan fingerprint density at radius 1 is 0.838 bits per heavy atom. The summed E-state index contributed by atoms with van der Waals surface area (Å²) in [6.45, 7) is 0. The molecule has 0 atom stereocenters. The Morgan fingerprint density at radius 2 is 1.54 bits per heavy atom. The molecule has 6 rings (SSSR count). The molecule has 2 aromatic carbocycles. The van der Waals surface area contributed by atoms with Gasteiger partial charge < -0.3 is 20.2 Å². The van der Waals surface area contributed by atoms with E-state index in [4.69, 9.17) is 10.8 Å². The summed E-state index contributed by atoms with van der Waals surface area (Å²) in [5.74, 6) is 2.31. The summed E-state index contributed by atoms with van der Waals surface area (Å²) in [7, 11) is 0. The maximum atomic E-state index is 13.3. The Kier molecular flexibility index (Phi) is 5.65. The molecule has 6 heteroatoms. The third kappa shape index (κ3) is 4.32. The summed E-state index contributed by atoms with van der Waals surface area (Å²) < 4.78 is 5.98. The van der Waals surface area contributed by atoms with Crippen LogP contribution in [0.25, 0.3) is 22.1 Å². The summed E-state index contributed by atoms with van der Waals surface area (Å²) in [6.07, 6.45) is 13.8. The van der Waals surface area contributed by atoms with Gasteiger partial charge in [0.2, 0.25) is 5.91 Å². The van der Waals surface area contributed by atoms with Crippen molar-refractivity contribution in [3.63, 3.8) is 0 Å². The minimum Gasteiger partial charge on any atom is -0.451 e. The predicted octanol–water partition coefficient (Wildman–Crippen LogP) is 5.19. The lowest BCUT2D eigenvalue weighted by atomic mass is 9.75. The highest BCUT2D eigenvalue weighted by Gasteiger charge is 2.49. The molecule has 1 heterocycles. The molecular weight excluding hydrogens is 464 g/mol. The van der Waals surface area contributed by atoms with E-state index < -0.39 is 22.6 Å². The quantitative estimate of drug-likeness (QED) is 0.410. The number of carbonyl (C=O) groups excluding carboxylic acids is 2. The summed E-state index contributed by atoms with van der Waals surface area (Å²) in [5, 5.41) is 17.5. The van der Waals surface area contributed by atoms with Crippen molar-refractivity contribution in [2.75, 3.05) is 0 Å². The molecule has 3 aliphatic rings. The van der Waals surface area contributed by atoms with Crippen LogP contribution in [0.2, 0.25) is 0 Å². The number of amides is 2. The first kappa shape index (κ1) is 23.8. The van der Waals surface area contributed by atoms with Crippen LogP contribution in [0.15, 0.2) is 52.9 Å². The molecule has 3 aromatic rings. The smallest absolute Gasteiger partial charge is 0.287 e. The van der Waals surface area contributed by atoms with Gasteiger partial charge in [0, 0.05) is 5.39 Å². The van der Waals surface area contributed by atoms with Gasteiger partial charge in [-0.05, 0) is 73.8 Å². The first-order valence-electron chi connectivity index (χ1n) is 13.3. The van der Waals surface area contributed by atoms with Crippen LogP contribution in [-0.2, 0) is 10.4 Å². The number of hydrogen-bond donors (Lipinski definition) is 3. The highest BCUT2D eigenvalue weighted by molar-refractivity contribution is 6.00. The van der Waals surface area contributed by atoms with Crippen LogP contribution in [0.5, 0.6) is 0 Å². The summed E-state index contributed by atoms with van der Waals surface area (Å²) >= 11 is 0. The molecule has 3 saturated carbocycles. The van der Waals surface area contributed by atoms with E-state index in [-0.39, 0.29) is 11.7 Å². The number of terminal acetylenes is 1. The van der Waals surface area contributed by atoms with Crippen LogP contribution < -0.4 is 10.6 Å². The molecule has 37 heavy (non-hydrogen) atoms. The minimum absolute atomic E-state index is 0.186. The third-order valence-corrected chi connectivity index (χ3v) is 8.55. The molecule has 3 N–H and O–H groups in total. The number of furan rings is 1. The van der Waals surface area contributed by atoms with Crippen molar-refractivity contribution >= 4 is 22.8 Å². The second-order valence-electron chi connectivity index (χ2n) is 11.1. The Balaban J connectivity index is 1.22. The minimum atomic E-state index is -0.974. The lowest BCUT2D eigenvalue weighted by Gasteiger charge is -2.37. The molecule has 0 radical (unpaired) electrons. The molecule has 6 nitrogen and oxygen atoms in total. The van der Waals surface area contributed by atoms with Gasteiger partial charge in [-0.15, -0.1) is 6.42 Å². The topological polar surface area (TPSA) is 91.6 Å². The lowest BCUT2D eigenvalue weighted by Crippen LogP contribution is -2.61. The average Bonchev–Trinajstić information content (AvgIpc) is 3.54. The van der Waals surface area contributed by atoms with Gasteiger partial charge in [-0.3, -0.25) is 9.59 Å². The van der Waals surface area contributed by atoms with E-state index in [9.17, 15) is 14.7 Å². The van der Waals surface area contributed by atoms with Gasteiger partial charge in [0.1, 0.15) is 16.7 Å². The Morgan fingerprint density at radius 3 is 2.16 bits per heavy atom. The lowest BCUT2D eigenvalue weighted by molar-refractivity contribution is -0.129. The number of benzene rings is 2. The number of aliphatic hydroxyl groups is 1. The first-order valence-corrected chi connectivity index (χ1v) is 13.3. The van der Waals surface area contributed by atoms with Gasteiger partial charge >= 0.3 is 0 Å². The van der Waals surface area contributed by atoms with E-state index in [2.05, 4.69) is 16.6 Å². The van der Waals surface area contributed by atoms with Crippen molar-refractivity contribution in [1.82, 2.24) is 10.6 Å². The van der Waals surface area contributed by atoms with Crippen LogP contribution in [0.4, 0.5) is 0 Å². The Labute approximate surface area is 216 Å². The second kappa shape index (κ2) is 8.78. The van der Waals surface area contributed by atoms with Gasteiger partial charge in [-0.2, -0.15) is 0 Å². The zero-order chi connectivity index (χ0) is 25.7. The molecule has 3 aliphatic carbocycles. The van der Waals surface area contributed by atoms with E-state index >= 15 is 0 Å². The van der Waals surface area contributed by atoms with Crippen molar-refractivity contribution in [3.8, 4) is 23.5 Å². The zero-order valence-electron chi connectivity index (χ0n) is 20.9. The average molecular weight is 497 g/mol. The number of rotatable bonds is 6. The standard InChI is InChI=1S/C31H32N2O4/c1-2-29(17-18-29)33-28(35)30(13-4-3-5-14-30)32-27(34)26-20-23-8-7-22(19-25(23)37-26)21-9-11-24(12-10-21)31(36)15-6-16-31/h1,7-12,19-20,36H,3-6,13-18H2,(H,32,34)(H,33,35). The fourth-order valence-electron chi connectivity index (χ4n) is 5.71. The largest absolute Gasteiger partial charge is 0.451 e. The Hall–Kier alpha value is -3.56. The number of hydrogen-bond acceptors (Lipinski definition) is 4. The molecule has 1 aromatic heterocycles. The molecule has 0 unspecified atom stereocenters. The van der Waals surface area contributed by atoms with Crippen molar-refractivity contribution in [2.45, 2.75) is 80.9 Å². The van der Waals surface area contributed by atoms with E-state index in [0.717, 1.165) is 73.4 Å². The van der Waals surface area contributed by atoms with Crippen LogP contribution in [0.1, 0.15) is 80.3 Å². The zero-order valence-corrected chi connectivity index (χ0v) is 20.9.